The number of nitrogens with zero attached hydrogens (tertiary/aromatic N) is 2. The first kappa shape index (κ1) is 22.3. The molecule has 5 heteroatoms. The van der Waals surface area contributed by atoms with E-state index in [1.807, 2.05) is 24.3 Å². The Morgan fingerprint density at radius 3 is 2.62 bits per heavy atom. The van der Waals surface area contributed by atoms with Gasteiger partial charge in [0.25, 0.3) is 5.91 Å². The van der Waals surface area contributed by atoms with Gasteiger partial charge < -0.3 is 9.73 Å². The Balaban J connectivity index is 1.38. The molecular weight excluding hydrogens is 398 g/mol. The van der Waals surface area contributed by atoms with Gasteiger partial charge in [-0.3, -0.25) is 14.7 Å². The summed E-state index contributed by atoms with van der Waals surface area (Å²) in [5.41, 5.74) is 3.64. The SMILES string of the molecule is Cc1ccccc1CN(Cc1ccc(C(=O)NCCc2ccccn2)o1)C1CCCCC1. The molecule has 1 N–H and O–H groups in total. The van der Waals surface area contributed by atoms with Crippen LogP contribution in [0.25, 0.3) is 0 Å². The molecule has 1 amide bonds. The molecule has 0 aliphatic heterocycles. The van der Waals surface area contributed by atoms with Gasteiger partial charge in [-0.15, -0.1) is 0 Å². The lowest BCUT2D eigenvalue weighted by molar-refractivity contribution is 0.0916. The number of carbonyl (C=O) groups is 1. The average molecular weight is 432 g/mol. The normalized spacial score (nSPS) is 14.6. The maximum absolute atomic E-state index is 12.5. The topological polar surface area (TPSA) is 58.4 Å². The number of aryl methyl sites for hydroxylation is 1. The van der Waals surface area contributed by atoms with Crippen LogP contribution in [-0.2, 0) is 19.5 Å². The van der Waals surface area contributed by atoms with E-state index in [0.29, 0.717) is 24.8 Å². The van der Waals surface area contributed by atoms with Gasteiger partial charge in [0, 0.05) is 37.4 Å². The van der Waals surface area contributed by atoms with Gasteiger partial charge in [0.2, 0.25) is 0 Å². The first-order valence-corrected chi connectivity index (χ1v) is 11.7. The number of carbonyl (C=O) groups excluding carboxylic acids is 1. The van der Waals surface area contributed by atoms with E-state index in [1.54, 1.807) is 12.3 Å². The van der Waals surface area contributed by atoms with Crippen LogP contribution in [0, 0.1) is 6.92 Å². The molecule has 0 saturated heterocycles. The lowest BCUT2D eigenvalue weighted by Gasteiger charge is -2.34. The van der Waals surface area contributed by atoms with E-state index >= 15 is 0 Å². The molecule has 0 unspecified atom stereocenters. The van der Waals surface area contributed by atoms with Gasteiger partial charge in [0.05, 0.1) is 6.54 Å². The zero-order chi connectivity index (χ0) is 22.2. The van der Waals surface area contributed by atoms with Crippen molar-refractivity contribution in [1.29, 1.82) is 0 Å². The summed E-state index contributed by atoms with van der Waals surface area (Å²) in [7, 11) is 0. The number of hydrogen-bond acceptors (Lipinski definition) is 4. The van der Waals surface area contributed by atoms with E-state index in [2.05, 4.69) is 46.4 Å². The van der Waals surface area contributed by atoms with E-state index in [0.717, 1.165) is 24.5 Å². The Hall–Kier alpha value is -2.92. The molecule has 32 heavy (non-hydrogen) atoms. The fourth-order valence-electron chi connectivity index (χ4n) is 4.49. The highest BCUT2D eigenvalue weighted by Gasteiger charge is 2.23. The third-order valence-electron chi connectivity index (χ3n) is 6.36. The summed E-state index contributed by atoms with van der Waals surface area (Å²) in [6.07, 6.45) is 8.84. The quantitative estimate of drug-likeness (QED) is 0.500. The van der Waals surface area contributed by atoms with Gasteiger partial charge >= 0.3 is 0 Å². The molecule has 1 aliphatic carbocycles. The summed E-state index contributed by atoms with van der Waals surface area (Å²) in [5.74, 6) is 1.05. The molecule has 1 aliphatic rings. The molecule has 3 aromatic rings. The number of furan rings is 1. The molecule has 0 atom stereocenters. The molecule has 4 rings (SSSR count). The van der Waals surface area contributed by atoms with Gasteiger partial charge in [0.1, 0.15) is 5.76 Å². The zero-order valence-corrected chi connectivity index (χ0v) is 18.9. The van der Waals surface area contributed by atoms with Gasteiger partial charge in [0.15, 0.2) is 5.76 Å². The van der Waals surface area contributed by atoms with Gasteiger partial charge in [-0.25, -0.2) is 0 Å². The van der Waals surface area contributed by atoms with Crippen molar-refractivity contribution in [1.82, 2.24) is 15.2 Å². The summed E-state index contributed by atoms with van der Waals surface area (Å²) in [4.78, 5) is 19.4. The number of aromatic nitrogens is 1. The molecule has 0 bridgehead atoms. The highest BCUT2D eigenvalue weighted by molar-refractivity contribution is 5.91. The Morgan fingerprint density at radius 1 is 1.03 bits per heavy atom. The van der Waals surface area contributed by atoms with Crippen LogP contribution in [-0.4, -0.2) is 28.4 Å². The first-order valence-electron chi connectivity index (χ1n) is 11.7. The second-order valence-corrected chi connectivity index (χ2v) is 8.72. The standard InChI is InChI=1S/C27H33N3O2/c1-21-9-5-6-10-22(21)19-30(24-12-3-2-4-13-24)20-25-14-15-26(32-25)27(31)29-18-16-23-11-7-8-17-28-23/h5-11,14-15,17,24H,2-4,12-13,16,18-20H2,1H3,(H,29,31). The molecule has 1 saturated carbocycles. The van der Waals surface area contributed by atoms with Crippen molar-refractivity contribution in [2.24, 2.45) is 0 Å². The van der Waals surface area contributed by atoms with Crippen LogP contribution < -0.4 is 5.32 Å². The number of pyridine rings is 1. The molecule has 168 valence electrons. The molecule has 0 spiro atoms. The minimum atomic E-state index is -0.171. The fraction of sp³-hybridized carbons (Fsp3) is 0.407. The van der Waals surface area contributed by atoms with Crippen molar-refractivity contribution in [3.8, 4) is 0 Å². The average Bonchev–Trinajstić information content (AvgIpc) is 3.30. The maximum Gasteiger partial charge on any atom is 0.287 e. The Morgan fingerprint density at radius 2 is 1.84 bits per heavy atom. The van der Waals surface area contributed by atoms with Crippen molar-refractivity contribution < 1.29 is 9.21 Å². The van der Waals surface area contributed by atoms with Crippen LogP contribution in [0.4, 0.5) is 0 Å². The molecule has 1 aromatic carbocycles. The monoisotopic (exact) mass is 431 g/mol. The molecular formula is C27H33N3O2. The number of rotatable bonds is 9. The van der Waals surface area contributed by atoms with Crippen LogP contribution in [0.15, 0.2) is 65.2 Å². The summed E-state index contributed by atoms with van der Waals surface area (Å²) in [6, 6.07) is 18.7. The summed E-state index contributed by atoms with van der Waals surface area (Å²) in [5, 5.41) is 2.94. The lowest BCUT2D eigenvalue weighted by Crippen LogP contribution is -2.36. The summed E-state index contributed by atoms with van der Waals surface area (Å²) in [6.45, 7) is 4.34. The van der Waals surface area contributed by atoms with Gasteiger partial charge in [-0.1, -0.05) is 49.6 Å². The smallest absolute Gasteiger partial charge is 0.287 e. The molecule has 1 fully saturated rings. The van der Waals surface area contributed by atoms with Crippen molar-refractivity contribution in [3.63, 3.8) is 0 Å². The predicted octanol–water partition coefficient (Wildman–Crippen LogP) is 5.29. The van der Waals surface area contributed by atoms with Crippen LogP contribution >= 0.6 is 0 Å². The van der Waals surface area contributed by atoms with Crippen LogP contribution in [0.2, 0.25) is 0 Å². The zero-order valence-electron chi connectivity index (χ0n) is 18.9. The number of benzene rings is 1. The predicted molar refractivity (Wildman–Crippen MR) is 126 cm³/mol. The Labute approximate surface area is 190 Å². The van der Waals surface area contributed by atoms with Crippen LogP contribution in [0.1, 0.15) is 65.2 Å². The number of hydrogen-bond donors (Lipinski definition) is 1. The van der Waals surface area contributed by atoms with Gasteiger partial charge in [-0.2, -0.15) is 0 Å². The van der Waals surface area contributed by atoms with Crippen molar-refractivity contribution in [2.75, 3.05) is 6.54 Å². The summed E-state index contributed by atoms with van der Waals surface area (Å²) >= 11 is 0. The van der Waals surface area contributed by atoms with E-state index in [1.165, 1.54) is 43.2 Å². The van der Waals surface area contributed by atoms with E-state index in [-0.39, 0.29) is 5.91 Å². The third-order valence-corrected chi connectivity index (χ3v) is 6.36. The molecule has 2 aromatic heterocycles. The van der Waals surface area contributed by atoms with Crippen LogP contribution in [0.3, 0.4) is 0 Å². The second kappa shape index (κ2) is 11.1. The minimum Gasteiger partial charge on any atom is -0.455 e. The molecule has 5 nitrogen and oxygen atoms in total. The third kappa shape index (κ3) is 6.07. The summed E-state index contributed by atoms with van der Waals surface area (Å²) < 4.78 is 5.97. The molecule has 0 radical (unpaired) electrons. The Kier molecular flexibility index (Phi) is 7.73. The van der Waals surface area contributed by atoms with E-state index in [4.69, 9.17) is 4.42 Å². The fourth-order valence-corrected chi connectivity index (χ4v) is 4.49. The van der Waals surface area contributed by atoms with Gasteiger partial charge in [-0.05, 0) is 55.2 Å². The largest absolute Gasteiger partial charge is 0.455 e. The highest BCUT2D eigenvalue weighted by Crippen LogP contribution is 2.27. The minimum absolute atomic E-state index is 0.171. The number of nitrogens with one attached hydrogen (secondary N) is 1. The van der Waals surface area contributed by atoms with E-state index < -0.39 is 0 Å². The van der Waals surface area contributed by atoms with Crippen molar-refractivity contribution in [2.45, 2.75) is 64.6 Å². The van der Waals surface area contributed by atoms with E-state index in [9.17, 15) is 4.79 Å². The highest BCUT2D eigenvalue weighted by atomic mass is 16.4. The van der Waals surface area contributed by atoms with Crippen LogP contribution in [0.5, 0.6) is 0 Å². The van der Waals surface area contributed by atoms with Crippen molar-refractivity contribution >= 4 is 5.91 Å². The number of amides is 1. The lowest BCUT2D eigenvalue weighted by atomic mass is 9.93. The maximum atomic E-state index is 12.5. The second-order valence-electron chi connectivity index (χ2n) is 8.72. The first-order chi connectivity index (χ1) is 15.7. The molecule has 2 heterocycles. The van der Waals surface area contributed by atoms with Crippen molar-refractivity contribution in [3.05, 3.63) is 89.1 Å². The Bertz CT molecular complexity index is 993.